The Morgan fingerprint density at radius 1 is 0.530 bits per heavy atom. The number of aromatic nitrogens is 6. The smallest absolute Gasteiger partial charge is 0.240 e. The third kappa shape index (κ3) is 10.6. The Hall–Kier alpha value is -6.44. The van der Waals surface area contributed by atoms with Crippen molar-refractivity contribution < 1.29 is 33.9 Å². The fourth-order valence-corrected chi connectivity index (χ4v) is 9.88. The van der Waals surface area contributed by atoms with Gasteiger partial charge in [0.1, 0.15) is 35.5 Å². The lowest BCUT2D eigenvalue weighted by atomic mass is 9.95. The summed E-state index contributed by atoms with van der Waals surface area (Å²) in [7, 11) is -7.37. The number of fused-ring (bicyclic) bond motifs is 2. The molecule has 2 aliphatic heterocycles. The molecule has 17 heteroatoms. The van der Waals surface area contributed by atoms with Crippen LogP contribution in [0.3, 0.4) is 0 Å². The van der Waals surface area contributed by atoms with Gasteiger partial charge in [0.25, 0.3) is 0 Å². The van der Waals surface area contributed by atoms with Crippen LogP contribution in [0.1, 0.15) is 50.2 Å². The van der Waals surface area contributed by atoms with Crippen molar-refractivity contribution in [1.29, 1.82) is 0 Å². The Balaban J connectivity index is 0.000000196. The van der Waals surface area contributed by atoms with E-state index < -0.39 is 20.0 Å². The quantitative estimate of drug-likeness (QED) is 0.120. The zero-order valence-corrected chi connectivity index (χ0v) is 37.4. The van der Waals surface area contributed by atoms with E-state index in [1.165, 1.54) is 6.33 Å². The minimum Gasteiger partial charge on any atom is -0.381 e. The van der Waals surface area contributed by atoms with Gasteiger partial charge >= 0.3 is 0 Å². The van der Waals surface area contributed by atoms with Crippen molar-refractivity contribution in [1.82, 2.24) is 39.3 Å². The first-order valence-corrected chi connectivity index (χ1v) is 24.5. The highest BCUT2D eigenvalue weighted by molar-refractivity contribution is 7.89. The van der Waals surface area contributed by atoms with Crippen LogP contribution in [0.25, 0.3) is 44.6 Å². The predicted octanol–water partition coefficient (Wildman–Crippen LogP) is 7.81. The summed E-state index contributed by atoms with van der Waals surface area (Å²) in [4.78, 5) is 27.6. The lowest BCUT2D eigenvalue weighted by Crippen LogP contribution is -2.23. The van der Waals surface area contributed by atoms with Crippen molar-refractivity contribution in [2.45, 2.75) is 47.7 Å². The molecule has 0 amide bonds. The molecule has 0 spiro atoms. The van der Waals surface area contributed by atoms with E-state index in [-0.39, 0.29) is 37.8 Å². The summed E-state index contributed by atoms with van der Waals surface area (Å²) in [5.41, 5.74) is 8.92. The van der Waals surface area contributed by atoms with Crippen LogP contribution < -0.4 is 9.44 Å². The molecule has 66 heavy (non-hydrogen) atoms. The molecule has 340 valence electrons. The summed E-state index contributed by atoms with van der Waals surface area (Å²) in [6, 6.07) is 39.8. The fraction of sp³-hybridized carbons (Fsp3) is 0.224. The summed E-state index contributed by atoms with van der Waals surface area (Å²) in [6.45, 7) is 3.32. The van der Waals surface area contributed by atoms with E-state index in [1.54, 1.807) is 42.7 Å². The van der Waals surface area contributed by atoms with Gasteiger partial charge in [-0.05, 0) is 72.5 Å². The second-order valence-corrected chi connectivity index (χ2v) is 19.2. The maximum atomic E-state index is 12.9. The van der Waals surface area contributed by atoms with Gasteiger partial charge in [-0.15, -0.1) is 0 Å². The molecule has 1 unspecified atom stereocenters. The van der Waals surface area contributed by atoms with Gasteiger partial charge in [-0.3, -0.25) is 0 Å². The molecule has 4 aromatic heterocycles. The molecule has 10 rings (SSSR count). The van der Waals surface area contributed by atoms with Crippen LogP contribution in [-0.4, -0.2) is 79.8 Å². The third-order valence-corrected chi connectivity index (χ3v) is 14.0. The lowest BCUT2D eigenvalue weighted by Gasteiger charge is -2.22. The van der Waals surface area contributed by atoms with Gasteiger partial charge in [-0.25, -0.2) is 56.2 Å². The van der Waals surface area contributed by atoms with Crippen molar-refractivity contribution in [3.8, 4) is 22.5 Å². The molecule has 0 saturated carbocycles. The van der Waals surface area contributed by atoms with Gasteiger partial charge < -0.3 is 14.2 Å². The van der Waals surface area contributed by atoms with E-state index in [9.17, 15) is 16.8 Å². The summed E-state index contributed by atoms with van der Waals surface area (Å²) in [5.74, 6) is 0.279. The average Bonchev–Trinajstić information content (AvgIpc) is 3.38. The maximum Gasteiger partial charge on any atom is 0.240 e. The first kappa shape index (κ1) is 44.7. The number of hydrogen-bond donors (Lipinski definition) is 2. The molecule has 4 aromatic carbocycles. The second kappa shape index (κ2) is 20.4. The summed E-state index contributed by atoms with van der Waals surface area (Å²) in [5, 5.41) is 0. The predicted molar refractivity (Wildman–Crippen MR) is 253 cm³/mol. The number of hydrogen-bond acceptors (Lipinski definition) is 13. The number of nitrogens with zero attached hydrogens (tertiary/aromatic N) is 6. The Bertz CT molecular complexity index is 2970. The van der Waals surface area contributed by atoms with Crippen molar-refractivity contribution >= 4 is 42.1 Å². The molecule has 2 N–H and O–H groups in total. The highest BCUT2D eigenvalue weighted by Gasteiger charge is 2.24. The van der Waals surface area contributed by atoms with Crippen LogP contribution in [0.15, 0.2) is 156 Å². The number of ether oxygens (including phenoxy) is 3. The van der Waals surface area contributed by atoms with E-state index in [0.717, 1.165) is 46.3 Å². The maximum absolute atomic E-state index is 12.9. The topological polar surface area (TPSA) is 197 Å². The van der Waals surface area contributed by atoms with Crippen LogP contribution >= 0.6 is 0 Å². The molecule has 1 atom stereocenters. The lowest BCUT2D eigenvalue weighted by molar-refractivity contribution is -0.0912. The molecule has 0 aliphatic carbocycles. The SMILES string of the molecule is O=S(=O)(NCc1ccccc1)c1cccc(-c2ccc3ncnc(C4CCOCC4)c3n2)c1.O=S(=O)(NCc1ccccc1)c1cccc(-c2ccc3ncnc(C4COCCO4)c3n2)c1.[HH].[HH]. The van der Waals surface area contributed by atoms with Gasteiger partial charge in [-0.2, -0.15) is 0 Å². The Labute approximate surface area is 385 Å². The van der Waals surface area contributed by atoms with Crippen molar-refractivity contribution in [2.24, 2.45) is 0 Å². The molecule has 2 fully saturated rings. The minimum atomic E-state index is -3.70. The van der Waals surface area contributed by atoms with E-state index >= 15 is 0 Å². The fourth-order valence-electron chi connectivity index (χ4n) is 7.75. The Morgan fingerprint density at radius 2 is 1.05 bits per heavy atom. The number of rotatable bonds is 12. The molecule has 15 nitrogen and oxygen atoms in total. The van der Waals surface area contributed by atoms with Crippen LogP contribution in [0.4, 0.5) is 0 Å². The van der Waals surface area contributed by atoms with Gasteiger partial charge in [0.2, 0.25) is 20.0 Å². The van der Waals surface area contributed by atoms with Crippen molar-refractivity contribution in [3.05, 3.63) is 169 Å². The van der Waals surface area contributed by atoms with Crippen LogP contribution in [0.2, 0.25) is 0 Å². The minimum absolute atomic E-state index is 0. The van der Waals surface area contributed by atoms with Crippen LogP contribution in [0, 0.1) is 0 Å². The van der Waals surface area contributed by atoms with E-state index in [4.69, 9.17) is 24.2 Å². The van der Waals surface area contributed by atoms with E-state index in [1.807, 2.05) is 97.1 Å². The van der Waals surface area contributed by atoms with Gasteiger partial charge in [0, 0.05) is 46.2 Å². The number of benzene rings is 4. The molecule has 0 radical (unpaired) electrons. The number of pyridine rings is 2. The third-order valence-electron chi connectivity index (χ3n) is 11.2. The zero-order chi connectivity index (χ0) is 45.4. The summed E-state index contributed by atoms with van der Waals surface area (Å²) < 4.78 is 73.7. The zero-order valence-electron chi connectivity index (χ0n) is 35.7. The van der Waals surface area contributed by atoms with Gasteiger partial charge in [0.05, 0.1) is 57.7 Å². The molecule has 6 heterocycles. The van der Waals surface area contributed by atoms with E-state index in [2.05, 4.69) is 29.4 Å². The Kier molecular flexibility index (Phi) is 13.8. The van der Waals surface area contributed by atoms with E-state index in [0.29, 0.717) is 66.7 Å². The molecule has 2 aliphatic rings. The molecule has 8 aromatic rings. The van der Waals surface area contributed by atoms with Gasteiger partial charge in [-0.1, -0.05) is 84.9 Å². The molecule has 0 bridgehead atoms. The molecular formula is C49H50N8O7S2. The number of nitrogens with one attached hydrogen (secondary N) is 2. The monoisotopic (exact) mass is 926 g/mol. The van der Waals surface area contributed by atoms with Crippen molar-refractivity contribution in [2.75, 3.05) is 33.0 Å². The first-order chi connectivity index (χ1) is 32.2. The average molecular weight is 927 g/mol. The summed E-state index contributed by atoms with van der Waals surface area (Å²) in [6.07, 6.45) is 4.56. The Morgan fingerprint density at radius 3 is 1.56 bits per heavy atom. The largest absolute Gasteiger partial charge is 0.381 e. The molecule has 2 saturated heterocycles. The highest BCUT2D eigenvalue weighted by atomic mass is 32.2. The van der Waals surface area contributed by atoms with Crippen LogP contribution in [-0.2, 0) is 47.3 Å². The van der Waals surface area contributed by atoms with Crippen molar-refractivity contribution in [3.63, 3.8) is 0 Å². The standard InChI is InChI=1S/C25H24N4O3S.C24H22N4O4S.2H2/c30-33(31,28-16-18-5-2-1-3-6-18)21-8-4-7-20(15-21)22-9-10-23-25(29-22)24(27-17-26-23)19-11-13-32-14-12-19;29-33(30,27-14-17-5-2-1-3-6-17)19-8-4-7-18(13-19)20-9-10-21-23(28-20)24(26-16-25-21)22-15-31-11-12-32-22;;/h1-10,15,17,19,28H,11-14,16H2;1-10,13,16,22,27H,11-12,14-15H2;2*1H. The first-order valence-electron chi connectivity index (χ1n) is 21.5. The highest BCUT2D eigenvalue weighted by Crippen LogP contribution is 2.32. The normalized spacial score (nSPS) is 15.8. The second-order valence-electron chi connectivity index (χ2n) is 15.6. The number of sulfonamides is 2. The molecular weight excluding hydrogens is 877 g/mol. The van der Waals surface area contributed by atoms with Gasteiger partial charge in [0.15, 0.2) is 0 Å². The van der Waals surface area contributed by atoms with Crippen LogP contribution in [0.5, 0.6) is 0 Å². The summed E-state index contributed by atoms with van der Waals surface area (Å²) >= 11 is 0.